The molecule has 0 radical (unpaired) electrons. The standard InChI is InChI=1S/C18H17Cl2FN4O4/c1-8-5-6-12(20)23-17(8)24-18(27)15-13(9-3-2-4-10(19)14(9)21)16(25(28)29)11(7-26)22-15/h2-6,11,13,15-16,22,26H,7H2,1H3,(H,23,24,27)/t11-,13+,15+,16+/m0/s1. The van der Waals surface area contributed by atoms with Crippen molar-refractivity contribution in [2.24, 2.45) is 0 Å². The molecule has 0 aliphatic carbocycles. The molecule has 3 N–H and O–H groups in total. The Bertz CT molecular complexity index is 961. The van der Waals surface area contributed by atoms with Crippen LogP contribution in [0, 0.1) is 22.9 Å². The molecule has 1 aromatic heterocycles. The van der Waals surface area contributed by atoms with Gasteiger partial charge in [0.2, 0.25) is 11.9 Å². The Morgan fingerprint density at radius 3 is 2.76 bits per heavy atom. The van der Waals surface area contributed by atoms with Crippen LogP contribution in [-0.2, 0) is 4.79 Å². The molecule has 11 heteroatoms. The highest BCUT2D eigenvalue weighted by atomic mass is 35.5. The SMILES string of the molecule is Cc1ccc(Cl)nc1NC(=O)[C@@H]1N[C@@H](CO)[C@@H]([N+](=O)[O-])[C@@H]1c1cccc(Cl)c1F. The summed E-state index contributed by atoms with van der Waals surface area (Å²) in [6.45, 7) is 1.09. The topological polar surface area (TPSA) is 117 Å². The molecule has 0 saturated carbocycles. The molecule has 0 unspecified atom stereocenters. The molecule has 1 saturated heterocycles. The Kier molecular flexibility index (Phi) is 6.33. The fourth-order valence-electron chi connectivity index (χ4n) is 3.53. The van der Waals surface area contributed by atoms with Crippen molar-refractivity contribution in [3.8, 4) is 0 Å². The highest BCUT2D eigenvalue weighted by molar-refractivity contribution is 6.30. The molecule has 2 aromatic rings. The molecule has 1 aliphatic heterocycles. The third kappa shape index (κ3) is 4.18. The number of aryl methyl sites for hydroxylation is 1. The van der Waals surface area contributed by atoms with Crippen molar-refractivity contribution >= 4 is 34.9 Å². The number of pyridine rings is 1. The Morgan fingerprint density at radius 1 is 1.38 bits per heavy atom. The second-order valence-electron chi connectivity index (χ2n) is 6.67. The number of hydrogen-bond acceptors (Lipinski definition) is 6. The second-order valence-corrected chi connectivity index (χ2v) is 7.46. The summed E-state index contributed by atoms with van der Waals surface area (Å²) in [5, 5.41) is 26.6. The van der Waals surface area contributed by atoms with Crippen molar-refractivity contribution in [1.29, 1.82) is 0 Å². The summed E-state index contributed by atoms with van der Waals surface area (Å²) in [6.07, 6.45) is 0. The summed E-state index contributed by atoms with van der Waals surface area (Å²) in [6, 6.07) is 3.58. The van der Waals surface area contributed by atoms with Gasteiger partial charge < -0.3 is 10.4 Å². The number of carbonyl (C=O) groups is 1. The summed E-state index contributed by atoms with van der Waals surface area (Å²) in [5.41, 5.74) is 0.536. The van der Waals surface area contributed by atoms with Crippen molar-refractivity contribution < 1.29 is 19.2 Å². The second kappa shape index (κ2) is 8.58. The van der Waals surface area contributed by atoms with Crippen LogP contribution in [0.5, 0.6) is 0 Å². The highest BCUT2D eigenvalue weighted by Gasteiger charge is 2.54. The third-order valence-electron chi connectivity index (χ3n) is 4.90. The number of aliphatic hydroxyl groups excluding tert-OH is 1. The predicted octanol–water partition coefficient (Wildman–Crippen LogP) is 2.54. The normalized spacial score (nSPS) is 23.8. The van der Waals surface area contributed by atoms with Crippen LogP contribution in [0.25, 0.3) is 0 Å². The first kappa shape index (κ1) is 21.4. The predicted molar refractivity (Wildman–Crippen MR) is 105 cm³/mol. The van der Waals surface area contributed by atoms with Crippen LogP contribution in [0.2, 0.25) is 10.2 Å². The lowest BCUT2D eigenvalue weighted by Gasteiger charge is -2.21. The van der Waals surface area contributed by atoms with Gasteiger partial charge in [0, 0.05) is 10.5 Å². The average Bonchev–Trinajstić information content (AvgIpc) is 3.06. The maximum Gasteiger partial charge on any atom is 0.243 e. The van der Waals surface area contributed by atoms with Crippen molar-refractivity contribution in [2.75, 3.05) is 11.9 Å². The number of nitrogens with one attached hydrogen (secondary N) is 2. The number of aromatic nitrogens is 1. The number of anilines is 1. The number of aliphatic hydroxyl groups is 1. The maximum absolute atomic E-state index is 14.7. The van der Waals surface area contributed by atoms with Gasteiger partial charge in [0.1, 0.15) is 22.8 Å². The molecule has 1 aromatic carbocycles. The molecule has 0 bridgehead atoms. The highest BCUT2D eigenvalue weighted by Crippen LogP contribution is 2.37. The first-order chi connectivity index (χ1) is 13.7. The number of carbonyl (C=O) groups excluding carboxylic acids is 1. The van der Waals surface area contributed by atoms with Crippen molar-refractivity contribution in [3.05, 3.63) is 67.6 Å². The molecule has 154 valence electrons. The van der Waals surface area contributed by atoms with Crippen molar-refractivity contribution in [1.82, 2.24) is 10.3 Å². The fraction of sp³-hybridized carbons (Fsp3) is 0.333. The molecular weight excluding hydrogens is 426 g/mol. The lowest BCUT2D eigenvalue weighted by atomic mass is 9.86. The third-order valence-corrected chi connectivity index (χ3v) is 5.40. The first-order valence-corrected chi connectivity index (χ1v) is 9.38. The van der Waals surface area contributed by atoms with Gasteiger partial charge in [-0.3, -0.25) is 20.2 Å². The van der Waals surface area contributed by atoms with Crippen LogP contribution >= 0.6 is 23.2 Å². The van der Waals surface area contributed by atoms with E-state index in [4.69, 9.17) is 23.2 Å². The zero-order valence-electron chi connectivity index (χ0n) is 15.1. The van der Waals surface area contributed by atoms with E-state index in [2.05, 4.69) is 15.6 Å². The number of hydrogen-bond donors (Lipinski definition) is 3. The molecular formula is C18H17Cl2FN4O4. The van der Waals surface area contributed by atoms with E-state index >= 15 is 0 Å². The summed E-state index contributed by atoms with van der Waals surface area (Å²) in [5.74, 6) is -2.55. The molecule has 3 rings (SSSR count). The Morgan fingerprint density at radius 2 is 2.10 bits per heavy atom. The minimum atomic E-state index is -1.45. The van der Waals surface area contributed by atoms with E-state index in [1.807, 2.05) is 0 Å². The summed E-state index contributed by atoms with van der Waals surface area (Å²) in [4.78, 5) is 28.1. The lowest BCUT2D eigenvalue weighted by Crippen LogP contribution is -2.43. The van der Waals surface area contributed by atoms with Crippen LogP contribution in [0.3, 0.4) is 0 Å². The van der Waals surface area contributed by atoms with Gasteiger partial charge in [-0.25, -0.2) is 9.37 Å². The molecule has 0 spiro atoms. The molecule has 8 nitrogen and oxygen atoms in total. The van der Waals surface area contributed by atoms with Crippen molar-refractivity contribution in [2.45, 2.75) is 31.0 Å². The number of nitrogens with zero attached hydrogens (tertiary/aromatic N) is 2. The van der Waals surface area contributed by atoms with Crippen LogP contribution in [0.1, 0.15) is 17.0 Å². The van der Waals surface area contributed by atoms with Gasteiger partial charge in [-0.1, -0.05) is 41.4 Å². The van der Waals surface area contributed by atoms with Crippen LogP contribution in [-0.4, -0.2) is 45.7 Å². The lowest BCUT2D eigenvalue weighted by molar-refractivity contribution is -0.527. The van der Waals surface area contributed by atoms with Gasteiger partial charge in [-0.15, -0.1) is 0 Å². The molecule has 1 fully saturated rings. The van der Waals surface area contributed by atoms with E-state index in [1.165, 1.54) is 18.2 Å². The number of amides is 1. The monoisotopic (exact) mass is 442 g/mol. The Hall–Kier alpha value is -2.33. The summed E-state index contributed by atoms with van der Waals surface area (Å²) >= 11 is 11.7. The Balaban J connectivity index is 2.02. The first-order valence-electron chi connectivity index (χ1n) is 8.63. The zero-order valence-corrected chi connectivity index (χ0v) is 16.6. The smallest absolute Gasteiger partial charge is 0.243 e. The molecule has 2 heterocycles. The zero-order chi connectivity index (χ0) is 21.3. The van der Waals surface area contributed by atoms with Gasteiger partial charge in [0.25, 0.3) is 0 Å². The average molecular weight is 443 g/mol. The Labute approximate surface area is 175 Å². The van der Waals surface area contributed by atoms with E-state index in [0.29, 0.717) is 5.56 Å². The van der Waals surface area contributed by atoms with E-state index in [0.717, 1.165) is 0 Å². The van der Waals surface area contributed by atoms with Crippen LogP contribution in [0.15, 0.2) is 30.3 Å². The molecule has 1 aliphatic rings. The van der Waals surface area contributed by atoms with Crippen LogP contribution in [0.4, 0.5) is 10.2 Å². The number of halogens is 3. The minimum Gasteiger partial charge on any atom is -0.394 e. The number of rotatable bonds is 5. The van der Waals surface area contributed by atoms with Gasteiger partial charge in [0.15, 0.2) is 0 Å². The summed E-state index contributed by atoms with van der Waals surface area (Å²) < 4.78 is 14.7. The molecule has 4 atom stereocenters. The number of benzene rings is 1. The van der Waals surface area contributed by atoms with E-state index in [1.54, 1.807) is 19.1 Å². The quantitative estimate of drug-likeness (QED) is 0.372. The van der Waals surface area contributed by atoms with Crippen LogP contribution < -0.4 is 10.6 Å². The molecule has 1 amide bonds. The largest absolute Gasteiger partial charge is 0.394 e. The van der Waals surface area contributed by atoms with Crippen molar-refractivity contribution in [3.63, 3.8) is 0 Å². The summed E-state index contributed by atoms with van der Waals surface area (Å²) in [7, 11) is 0. The number of nitro groups is 1. The van der Waals surface area contributed by atoms with E-state index in [9.17, 15) is 24.4 Å². The van der Waals surface area contributed by atoms with Gasteiger partial charge >= 0.3 is 0 Å². The van der Waals surface area contributed by atoms with Gasteiger partial charge in [0.05, 0.1) is 23.6 Å². The van der Waals surface area contributed by atoms with E-state index in [-0.39, 0.29) is 21.6 Å². The minimum absolute atomic E-state index is 0.0847. The molecule has 29 heavy (non-hydrogen) atoms. The van der Waals surface area contributed by atoms with E-state index < -0.39 is 47.3 Å². The van der Waals surface area contributed by atoms with Gasteiger partial charge in [-0.05, 0) is 24.6 Å². The fourth-order valence-corrected chi connectivity index (χ4v) is 3.85. The maximum atomic E-state index is 14.7. The van der Waals surface area contributed by atoms with Gasteiger partial charge in [-0.2, -0.15) is 0 Å².